The van der Waals surface area contributed by atoms with Crippen molar-refractivity contribution in [1.29, 1.82) is 0 Å². The van der Waals surface area contributed by atoms with E-state index in [9.17, 15) is 10.2 Å². The smallest absolute Gasteiger partial charge is 0.295 e. The number of hydrogen-bond acceptors (Lipinski definition) is 3. The molecule has 22 heavy (non-hydrogen) atoms. The number of piperidine rings is 1. The Morgan fingerprint density at radius 1 is 1.23 bits per heavy atom. The highest BCUT2D eigenvalue weighted by Gasteiger charge is 2.44. The predicted molar refractivity (Wildman–Crippen MR) is 85.3 cm³/mol. The van der Waals surface area contributed by atoms with Crippen molar-refractivity contribution in [3.63, 3.8) is 0 Å². The van der Waals surface area contributed by atoms with E-state index in [1.165, 1.54) is 0 Å². The van der Waals surface area contributed by atoms with E-state index in [4.69, 9.17) is 12.2 Å². The molecule has 1 saturated heterocycles. The van der Waals surface area contributed by atoms with Gasteiger partial charge in [0, 0.05) is 30.1 Å². The number of nitrogens with zero attached hydrogens (tertiary/aromatic N) is 3. The van der Waals surface area contributed by atoms with Crippen molar-refractivity contribution in [3.05, 3.63) is 71.7 Å². The van der Waals surface area contributed by atoms with Gasteiger partial charge in [-0.05, 0) is 17.7 Å². The van der Waals surface area contributed by atoms with E-state index in [2.05, 4.69) is 16.2 Å². The third-order valence-electron chi connectivity index (χ3n) is 3.62. The van der Waals surface area contributed by atoms with Crippen LogP contribution in [0.4, 0.5) is 0 Å². The van der Waals surface area contributed by atoms with Gasteiger partial charge in [0.2, 0.25) is 6.04 Å². The summed E-state index contributed by atoms with van der Waals surface area (Å²) in [6.07, 6.45) is 6.91. The lowest BCUT2D eigenvalue weighted by Gasteiger charge is -2.30. The number of carbonyl (C=O) groups excluding carboxylic acids is 1. The molecule has 1 fully saturated rings. The molecule has 0 saturated carbocycles. The van der Waals surface area contributed by atoms with Crippen LogP contribution in [0, 0.1) is 0 Å². The molecular weight excluding hydrogens is 296 g/mol. The van der Waals surface area contributed by atoms with Gasteiger partial charge >= 0.3 is 0 Å². The number of nitrogens with one attached hydrogen (secondary N) is 1. The molecule has 0 radical (unpaired) electrons. The number of amides is 1. The molecule has 1 aliphatic rings. The normalized spacial score (nSPS) is 21.2. The highest BCUT2D eigenvalue weighted by Crippen LogP contribution is 2.34. The second-order valence-electron chi connectivity index (χ2n) is 4.87. The fraction of sp³-hybridized carbons (Fsp3) is 0.125. The first kappa shape index (κ1) is 14.3. The first-order valence-corrected chi connectivity index (χ1v) is 7.11. The molecule has 2 aromatic rings. The van der Waals surface area contributed by atoms with E-state index in [0.717, 1.165) is 5.56 Å². The largest absolute Gasteiger partial charge is 0.763 e. The lowest BCUT2D eigenvalue weighted by Crippen LogP contribution is -2.56. The molecule has 5 nitrogen and oxygen atoms in total. The average Bonchev–Trinajstić information content (AvgIpc) is 2.56. The molecule has 3 rings (SSSR count). The molecule has 0 aliphatic carbocycles. The third kappa shape index (κ3) is 2.45. The number of aromatic nitrogens is 2. The fourth-order valence-corrected chi connectivity index (χ4v) is 2.92. The SMILES string of the molecule is [N-]=C=C1C(=S)NC(=O)C([n+]2ccccc2)C1c1ccncc1. The van der Waals surface area contributed by atoms with E-state index in [-0.39, 0.29) is 10.9 Å². The van der Waals surface area contributed by atoms with Crippen LogP contribution in [0.1, 0.15) is 17.5 Å². The first-order chi connectivity index (χ1) is 10.7. The van der Waals surface area contributed by atoms with Crippen LogP contribution >= 0.6 is 12.2 Å². The summed E-state index contributed by atoms with van der Waals surface area (Å²) in [5.41, 5.74) is 1.23. The Morgan fingerprint density at radius 2 is 1.91 bits per heavy atom. The molecule has 2 atom stereocenters. The van der Waals surface area contributed by atoms with Gasteiger partial charge in [-0.15, -0.1) is 0 Å². The molecule has 0 spiro atoms. The average molecular weight is 308 g/mol. The minimum absolute atomic E-state index is 0.196. The molecule has 2 unspecified atom stereocenters. The maximum atomic E-state index is 12.5. The summed E-state index contributed by atoms with van der Waals surface area (Å²) in [7, 11) is 0. The molecule has 1 amide bonds. The van der Waals surface area contributed by atoms with Crippen molar-refractivity contribution in [2.45, 2.75) is 12.0 Å². The number of carbonyl (C=O) groups is 1. The number of thiocarbonyl (C=S) groups is 1. The summed E-state index contributed by atoms with van der Waals surface area (Å²) in [4.78, 5) is 16.7. The van der Waals surface area contributed by atoms with Gasteiger partial charge in [0.05, 0.1) is 5.92 Å². The Bertz CT molecular complexity index is 769. The van der Waals surface area contributed by atoms with Gasteiger partial charge in [0.25, 0.3) is 5.91 Å². The second-order valence-corrected chi connectivity index (χ2v) is 5.28. The van der Waals surface area contributed by atoms with Crippen molar-refractivity contribution in [2.75, 3.05) is 0 Å². The lowest BCUT2D eigenvalue weighted by molar-refractivity contribution is -0.711. The standard InChI is InChI=1S/C16H12N4OS/c17-10-12-13(11-4-6-18-7-5-11)14(15(21)19-16(12)22)20-8-2-1-3-9-20/h1-9,13-14H,(H,19,21,22). The van der Waals surface area contributed by atoms with Crippen LogP contribution < -0.4 is 9.88 Å². The van der Waals surface area contributed by atoms with Crippen LogP contribution in [0.3, 0.4) is 0 Å². The Labute approximate surface area is 132 Å². The van der Waals surface area contributed by atoms with Gasteiger partial charge in [-0.3, -0.25) is 15.6 Å². The maximum absolute atomic E-state index is 12.5. The zero-order valence-corrected chi connectivity index (χ0v) is 12.3. The molecule has 1 N–H and O–H groups in total. The monoisotopic (exact) mass is 308 g/mol. The van der Waals surface area contributed by atoms with Crippen molar-refractivity contribution in [1.82, 2.24) is 10.3 Å². The van der Waals surface area contributed by atoms with Crippen LogP contribution in [0.25, 0.3) is 5.41 Å². The van der Waals surface area contributed by atoms with Crippen molar-refractivity contribution >= 4 is 29.0 Å². The molecule has 2 aromatic heterocycles. The van der Waals surface area contributed by atoms with Crippen LogP contribution in [0.15, 0.2) is 60.7 Å². The summed E-state index contributed by atoms with van der Waals surface area (Å²) in [5, 5.41) is 12.1. The van der Waals surface area contributed by atoms with E-state index >= 15 is 0 Å². The van der Waals surface area contributed by atoms with Crippen LogP contribution in [0.2, 0.25) is 0 Å². The molecule has 0 aromatic carbocycles. The molecule has 6 heteroatoms. The van der Waals surface area contributed by atoms with Crippen LogP contribution in [-0.2, 0) is 4.79 Å². The summed E-state index contributed by atoms with van der Waals surface area (Å²) in [6.45, 7) is 0. The lowest BCUT2D eigenvalue weighted by atomic mass is 9.82. The highest BCUT2D eigenvalue weighted by molar-refractivity contribution is 7.80. The minimum Gasteiger partial charge on any atom is -0.763 e. The third-order valence-corrected chi connectivity index (χ3v) is 3.94. The zero-order valence-electron chi connectivity index (χ0n) is 11.5. The Hall–Kier alpha value is -2.69. The van der Waals surface area contributed by atoms with E-state index in [0.29, 0.717) is 5.57 Å². The van der Waals surface area contributed by atoms with Crippen LogP contribution in [-0.4, -0.2) is 21.7 Å². The summed E-state index contributed by atoms with van der Waals surface area (Å²) in [6, 6.07) is 8.61. The maximum Gasteiger partial charge on any atom is 0.295 e. The van der Waals surface area contributed by atoms with Crippen molar-refractivity contribution in [2.24, 2.45) is 0 Å². The summed E-state index contributed by atoms with van der Waals surface area (Å²) in [5.74, 6) is 1.50. The topological polar surface area (TPSA) is 68.2 Å². The van der Waals surface area contributed by atoms with Gasteiger partial charge in [-0.2, -0.15) is 4.57 Å². The first-order valence-electron chi connectivity index (χ1n) is 6.70. The Morgan fingerprint density at radius 3 is 2.55 bits per heavy atom. The van der Waals surface area contributed by atoms with E-state index < -0.39 is 12.0 Å². The number of rotatable bonds is 2. The van der Waals surface area contributed by atoms with Crippen LogP contribution in [0.5, 0.6) is 0 Å². The molecule has 0 bridgehead atoms. The predicted octanol–water partition coefficient (Wildman–Crippen LogP) is 1.32. The fourth-order valence-electron chi connectivity index (χ4n) is 2.65. The highest BCUT2D eigenvalue weighted by atomic mass is 32.1. The summed E-state index contributed by atoms with van der Waals surface area (Å²) < 4.78 is 1.79. The van der Waals surface area contributed by atoms with Gasteiger partial charge in [-0.1, -0.05) is 18.3 Å². The van der Waals surface area contributed by atoms with Crippen molar-refractivity contribution in [3.8, 4) is 0 Å². The quantitative estimate of drug-likeness (QED) is 0.394. The van der Waals surface area contributed by atoms with Gasteiger partial charge in [0.15, 0.2) is 12.4 Å². The van der Waals surface area contributed by atoms with Gasteiger partial charge < -0.3 is 10.7 Å². The minimum atomic E-state index is -0.565. The van der Waals surface area contributed by atoms with E-state index in [1.807, 2.05) is 30.6 Å². The van der Waals surface area contributed by atoms with Gasteiger partial charge in [0.1, 0.15) is 4.99 Å². The second kappa shape index (κ2) is 5.97. The summed E-state index contributed by atoms with van der Waals surface area (Å²) >= 11 is 5.17. The molecular formula is C16H12N4OS. The zero-order chi connectivity index (χ0) is 15.5. The molecule has 108 valence electrons. The van der Waals surface area contributed by atoms with Gasteiger partial charge in [-0.25, -0.2) is 0 Å². The molecule has 3 heterocycles. The molecule has 1 aliphatic heterocycles. The Kier molecular flexibility index (Phi) is 3.87. The number of pyridine rings is 2. The number of hydrogen-bond donors (Lipinski definition) is 1. The van der Waals surface area contributed by atoms with Crippen molar-refractivity contribution < 1.29 is 9.36 Å². The Balaban J connectivity index is 2.18. The van der Waals surface area contributed by atoms with E-state index in [1.54, 1.807) is 29.1 Å².